The van der Waals surface area contributed by atoms with E-state index in [9.17, 15) is 8.42 Å². The Morgan fingerprint density at radius 2 is 1.82 bits per heavy atom. The van der Waals surface area contributed by atoms with Crippen molar-refractivity contribution in [1.29, 1.82) is 0 Å². The second-order valence-corrected chi connectivity index (χ2v) is 9.38. The number of hydrogen-bond acceptors (Lipinski definition) is 4. The highest BCUT2D eigenvalue weighted by Crippen LogP contribution is 2.38. The highest BCUT2D eigenvalue weighted by Gasteiger charge is 2.36. The second-order valence-electron chi connectivity index (χ2n) is 7.18. The van der Waals surface area contributed by atoms with E-state index >= 15 is 0 Å². The number of sulfonamides is 1. The predicted molar refractivity (Wildman–Crippen MR) is 113 cm³/mol. The Morgan fingerprint density at radius 1 is 1.11 bits per heavy atom. The van der Waals surface area contributed by atoms with Crippen LogP contribution in [0.4, 0.5) is 0 Å². The number of aromatic nitrogens is 1. The van der Waals surface area contributed by atoms with Crippen molar-refractivity contribution < 1.29 is 8.42 Å². The zero-order chi connectivity index (χ0) is 20.1. The lowest BCUT2D eigenvalue weighted by atomic mass is 9.98. The van der Waals surface area contributed by atoms with Gasteiger partial charge in [0.1, 0.15) is 5.15 Å². The topological polar surface area (TPSA) is 62.6 Å². The molecule has 0 bridgehead atoms. The van der Waals surface area contributed by atoms with Crippen LogP contribution in [0.15, 0.2) is 53.6 Å². The number of fused-ring (bicyclic) bond motifs is 1. The summed E-state index contributed by atoms with van der Waals surface area (Å²) in [5.74, 6) is 0. The quantitative estimate of drug-likeness (QED) is 0.589. The maximum Gasteiger partial charge on any atom is 0.247 e. The van der Waals surface area contributed by atoms with Gasteiger partial charge in [-0.25, -0.2) is 13.4 Å². The Balaban J connectivity index is 1.82. The van der Waals surface area contributed by atoms with Crippen molar-refractivity contribution in [3.8, 4) is 0 Å². The molecule has 1 atom stereocenters. The number of hydrogen-bond donors (Lipinski definition) is 0. The van der Waals surface area contributed by atoms with E-state index in [1.165, 1.54) is 0 Å². The third-order valence-electron chi connectivity index (χ3n) is 4.98. The zero-order valence-electron chi connectivity index (χ0n) is 15.8. The molecule has 0 amide bonds. The highest BCUT2D eigenvalue weighted by atomic mass is 35.5. The Labute approximate surface area is 169 Å². The number of para-hydroxylation sites is 1. The molecule has 5 nitrogen and oxygen atoms in total. The average molecular weight is 414 g/mol. The molecule has 2 aromatic carbocycles. The summed E-state index contributed by atoms with van der Waals surface area (Å²) < 4.78 is 26.0. The summed E-state index contributed by atoms with van der Waals surface area (Å²) in [4.78, 5) is 4.54. The number of halogens is 1. The lowest BCUT2D eigenvalue weighted by Gasteiger charge is -2.22. The van der Waals surface area contributed by atoms with Crippen molar-refractivity contribution in [3.05, 3.63) is 75.9 Å². The Hall–Kier alpha value is -2.44. The van der Waals surface area contributed by atoms with Crippen molar-refractivity contribution >= 4 is 38.2 Å². The Kier molecular flexibility index (Phi) is 4.63. The van der Waals surface area contributed by atoms with Crippen molar-refractivity contribution in [3.63, 3.8) is 0 Å². The van der Waals surface area contributed by atoms with E-state index in [4.69, 9.17) is 11.6 Å². The van der Waals surface area contributed by atoms with Gasteiger partial charge >= 0.3 is 0 Å². The molecule has 0 unspecified atom stereocenters. The molecule has 0 N–H and O–H groups in total. The molecule has 1 aromatic heterocycles. The average Bonchev–Trinajstić information content (AvgIpc) is 3.08. The lowest BCUT2D eigenvalue weighted by Crippen LogP contribution is -2.26. The molecular weight excluding hydrogens is 394 g/mol. The maximum absolute atomic E-state index is 12.4. The van der Waals surface area contributed by atoms with E-state index in [1.807, 2.05) is 62.4 Å². The van der Waals surface area contributed by atoms with Crippen molar-refractivity contribution in [2.45, 2.75) is 26.3 Å². The van der Waals surface area contributed by atoms with Gasteiger partial charge in [0.15, 0.2) is 0 Å². The van der Waals surface area contributed by atoms with Crippen molar-refractivity contribution in [2.75, 3.05) is 6.26 Å². The molecule has 0 radical (unpaired) electrons. The summed E-state index contributed by atoms with van der Waals surface area (Å²) in [7, 11) is -3.57. The van der Waals surface area contributed by atoms with Gasteiger partial charge in [-0.15, -0.1) is 0 Å². The van der Waals surface area contributed by atoms with Gasteiger partial charge in [-0.05, 0) is 31.0 Å². The zero-order valence-corrected chi connectivity index (χ0v) is 17.4. The van der Waals surface area contributed by atoms with Crippen LogP contribution in [0.1, 0.15) is 34.7 Å². The fraction of sp³-hybridized carbons (Fsp3) is 0.238. The van der Waals surface area contributed by atoms with Crippen LogP contribution >= 0.6 is 11.6 Å². The predicted octanol–water partition coefficient (Wildman–Crippen LogP) is 4.62. The molecule has 0 spiro atoms. The fourth-order valence-electron chi connectivity index (χ4n) is 3.52. The molecule has 0 aliphatic carbocycles. The van der Waals surface area contributed by atoms with Crippen LogP contribution in [0, 0.1) is 13.8 Å². The van der Waals surface area contributed by atoms with E-state index in [-0.39, 0.29) is 0 Å². The molecule has 0 fully saturated rings. The maximum atomic E-state index is 12.4. The van der Waals surface area contributed by atoms with Gasteiger partial charge in [-0.2, -0.15) is 9.52 Å². The van der Waals surface area contributed by atoms with Crippen LogP contribution in [-0.2, 0) is 10.0 Å². The van der Waals surface area contributed by atoms with E-state index in [2.05, 4.69) is 10.1 Å². The normalized spacial score (nSPS) is 17.2. The summed E-state index contributed by atoms with van der Waals surface area (Å²) in [6, 6.07) is 15.2. The van der Waals surface area contributed by atoms with Gasteiger partial charge in [0, 0.05) is 17.4 Å². The van der Waals surface area contributed by atoms with Gasteiger partial charge in [0.05, 0.1) is 23.5 Å². The summed E-state index contributed by atoms with van der Waals surface area (Å²) in [5.41, 5.74) is 5.26. The molecule has 0 saturated heterocycles. The van der Waals surface area contributed by atoms with Crippen LogP contribution < -0.4 is 0 Å². The number of hydrazone groups is 1. The Bertz CT molecular complexity index is 1200. The highest BCUT2D eigenvalue weighted by molar-refractivity contribution is 7.88. The van der Waals surface area contributed by atoms with E-state index in [0.717, 1.165) is 44.0 Å². The van der Waals surface area contributed by atoms with Crippen molar-refractivity contribution in [1.82, 2.24) is 9.40 Å². The number of pyridine rings is 1. The van der Waals surface area contributed by atoms with Gasteiger partial charge in [0.2, 0.25) is 10.0 Å². The SMILES string of the molecule is Cc1ccc(C2=NN(S(C)(=O)=O)[C@H](c3cc4cccc(C)c4nc3Cl)C2)cc1. The number of rotatable bonds is 3. The molecule has 1 aliphatic rings. The van der Waals surface area contributed by atoms with Gasteiger partial charge in [-0.1, -0.05) is 59.6 Å². The fourth-order valence-corrected chi connectivity index (χ4v) is 4.68. The Morgan fingerprint density at radius 3 is 2.50 bits per heavy atom. The summed E-state index contributed by atoms with van der Waals surface area (Å²) in [5, 5.41) is 5.67. The van der Waals surface area contributed by atoms with Crippen LogP contribution in [0.25, 0.3) is 10.9 Å². The first-order valence-electron chi connectivity index (χ1n) is 8.94. The summed E-state index contributed by atoms with van der Waals surface area (Å²) in [6.45, 7) is 3.98. The monoisotopic (exact) mass is 413 g/mol. The molecule has 7 heteroatoms. The summed E-state index contributed by atoms with van der Waals surface area (Å²) in [6.07, 6.45) is 1.60. The molecule has 144 valence electrons. The van der Waals surface area contributed by atoms with E-state index in [1.54, 1.807) is 0 Å². The first-order valence-corrected chi connectivity index (χ1v) is 11.2. The van der Waals surface area contributed by atoms with Gasteiger partial charge < -0.3 is 0 Å². The smallest absolute Gasteiger partial charge is 0.235 e. The molecular formula is C21H20ClN3O2S. The van der Waals surface area contributed by atoms with E-state index in [0.29, 0.717) is 17.1 Å². The number of aryl methyl sites for hydroxylation is 2. The third-order valence-corrected chi connectivity index (χ3v) is 6.30. The number of benzene rings is 2. The van der Waals surface area contributed by atoms with Crippen LogP contribution in [0.2, 0.25) is 5.15 Å². The van der Waals surface area contributed by atoms with Crippen LogP contribution in [0.3, 0.4) is 0 Å². The molecule has 2 heterocycles. The largest absolute Gasteiger partial charge is 0.247 e. The molecule has 28 heavy (non-hydrogen) atoms. The summed E-state index contributed by atoms with van der Waals surface area (Å²) >= 11 is 6.50. The van der Waals surface area contributed by atoms with Crippen LogP contribution in [0.5, 0.6) is 0 Å². The first-order chi connectivity index (χ1) is 13.2. The van der Waals surface area contributed by atoms with E-state index < -0.39 is 16.1 Å². The minimum Gasteiger partial charge on any atom is -0.235 e. The van der Waals surface area contributed by atoms with Crippen LogP contribution in [-0.4, -0.2) is 29.8 Å². The molecule has 3 aromatic rings. The van der Waals surface area contributed by atoms with Gasteiger partial charge in [0.25, 0.3) is 0 Å². The van der Waals surface area contributed by atoms with Crippen molar-refractivity contribution in [2.24, 2.45) is 5.10 Å². The minimum atomic E-state index is -3.57. The number of nitrogens with zero attached hydrogens (tertiary/aromatic N) is 3. The first kappa shape index (κ1) is 18.9. The van der Waals surface area contributed by atoms with Gasteiger partial charge in [-0.3, -0.25) is 0 Å². The lowest BCUT2D eigenvalue weighted by molar-refractivity contribution is 0.374. The second kappa shape index (κ2) is 6.87. The minimum absolute atomic E-state index is 0.306. The third kappa shape index (κ3) is 3.38. The standard InChI is InChI=1S/C21H20ClN3O2S/c1-13-7-9-15(10-8-13)18-12-19(25(24-18)28(3,26)27)17-11-16-6-4-5-14(2)20(16)23-21(17)22/h4-11,19H,12H2,1-3H3/t19-/m0/s1. The molecule has 4 rings (SSSR count). The molecule has 1 aliphatic heterocycles. The molecule has 0 saturated carbocycles.